The van der Waals surface area contributed by atoms with Crippen LogP contribution in [0, 0.1) is 0 Å². The van der Waals surface area contributed by atoms with Crippen molar-refractivity contribution in [2.75, 3.05) is 6.54 Å². The van der Waals surface area contributed by atoms with Gasteiger partial charge in [-0.2, -0.15) is 0 Å². The summed E-state index contributed by atoms with van der Waals surface area (Å²) in [6, 6.07) is 0.552. The van der Waals surface area contributed by atoms with Crippen LogP contribution in [0.2, 0.25) is 0 Å². The van der Waals surface area contributed by atoms with Gasteiger partial charge < -0.3 is 9.64 Å². The van der Waals surface area contributed by atoms with Crippen LogP contribution in [0.5, 0.6) is 0 Å². The highest BCUT2D eigenvalue weighted by molar-refractivity contribution is 7.95. The Bertz CT molecular complexity index is 966. The summed E-state index contributed by atoms with van der Waals surface area (Å²) in [5.74, 6) is -1.10. The summed E-state index contributed by atoms with van der Waals surface area (Å²) in [4.78, 5) is 25.3. The van der Waals surface area contributed by atoms with Gasteiger partial charge in [-0.15, -0.1) is 11.3 Å². The van der Waals surface area contributed by atoms with E-state index in [9.17, 15) is 26.4 Å². The molecule has 3 atom stereocenters. The quantitative estimate of drug-likeness (QED) is 0.670. The molecule has 1 aromatic rings. The topological polar surface area (TPSA) is 141 Å². The number of primary sulfonamides is 1. The molecule has 12 heteroatoms. The van der Waals surface area contributed by atoms with Gasteiger partial charge in [-0.05, 0) is 33.3 Å². The smallest absolute Gasteiger partial charge is 0.303 e. The molecule has 0 aromatic carbocycles. The lowest BCUT2D eigenvalue weighted by Gasteiger charge is -2.36. The lowest BCUT2D eigenvalue weighted by molar-refractivity contribution is -0.158. The first kappa shape index (κ1) is 21.8. The molecular formula is C15H22N2O7S3. The standard InChI is InChI=1S/C15H22N2O7S3/c1-5-17(14(19)9(3)24-10(4)18)12-6-8(2)26(20,21)15-11(12)7-13(25-15)27(16,22)23/h7-9,12H,5-6H2,1-4H3,(H2,16,22,23)/t8-,9?,12-/m0/s1. The molecule has 2 heterocycles. The number of nitrogens with zero attached hydrogens (tertiary/aromatic N) is 1. The SMILES string of the molecule is CCN(C(=O)C(C)OC(C)=O)[C@H]1C[C@H](C)S(=O)(=O)c2sc(S(N)(=O)=O)cc21. The van der Waals surface area contributed by atoms with Crippen LogP contribution >= 0.6 is 11.3 Å². The predicted octanol–water partition coefficient (Wildman–Crippen LogP) is 0.803. The summed E-state index contributed by atoms with van der Waals surface area (Å²) < 4.78 is 53.3. The lowest BCUT2D eigenvalue weighted by atomic mass is 10.0. The van der Waals surface area contributed by atoms with Crippen molar-refractivity contribution in [1.82, 2.24) is 4.90 Å². The minimum atomic E-state index is -4.09. The first-order valence-corrected chi connectivity index (χ1v) is 12.1. The molecule has 2 rings (SSSR count). The molecule has 1 unspecified atom stereocenters. The predicted molar refractivity (Wildman–Crippen MR) is 98.3 cm³/mol. The molecule has 1 aliphatic rings. The van der Waals surface area contributed by atoms with Crippen LogP contribution < -0.4 is 5.14 Å². The van der Waals surface area contributed by atoms with Crippen molar-refractivity contribution in [2.24, 2.45) is 5.14 Å². The van der Waals surface area contributed by atoms with E-state index in [0.29, 0.717) is 11.3 Å². The highest BCUT2D eigenvalue weighted by Crippen LogP contribution is 2.45. The van der Waals surface area contributed by atoms with E-state index in [4.69, 9.17) is 9.88 Å². The molecule has 152 valence electrons. The number of hydrogen-bond donors (Lipinski definition) is 1. The fourth-order valence-electron chi connectivity index (χ4n) is 3.07. The molecule has 0 spiro atoms. The summed E-state index contributed by atoms with van der Waals surface area (Å²) in [6.07, 6.45) is -0.946. The van der Waals surface area contributed by atoms with Crippen LogP contribution in [0.25, 0.3) is 0 Å². The van der Waals surface area contributed by atoms with E-state index < -0.39 is 49.1 Å². The second-order valence-corrected chi connectivity index (χ2v) is 11.7. The first-order valence-electron chi connectivity index (χ1n) is 8.18. The third kappa shape index (κ3) is 4.18. The van der Waals surface area contributed by atoms with Gasteiger partial charge in [0, 0.05) is 19.0 Å². The van der Waals surface area contributed by atoms with Gasteiger partial charge in [-0.25, -0.2) is 22.0 Å². The summed E-state index contributed by atoms with van der Waals surface area (Å²) >= 11 is 0.591. The minimum Gasteiger partial charge on any atom is -0.453 e. The van der Waals surface area contributed by atoms with Gasteiger partial charge in [-0.3, -0.25) is 9.59 Å². The van der Waals surface area contributed by atoms with Gasteiger partial charge >= 0.3 is 5.97 Å². The van der Waals surface area contributed by atoms with Crippen molar-refractivity contribution in [3.63, 3.8) is 0 Å². The van der Waals surface area contributed by atoms with Crippen molar-refractivity contribution in [3.05, 3.63) is 11.6 Å². The Balaban J connectivity index is 2.56. The first-order chi connectivity index (χ1) is 12.3. The summed E-state index contributed by atoms with van der Waals surface area (Å²) in [7, 11) is -7.82. The summed E-state index contributed by atoms with van der Waals surface area (Å²) in [5, 5.41) is 4.35. The molecule has 1 amide bonds. The van der Waals surface area contributed by atoms with Gasteiger partial charge in [0.05, 0.1) is 11.3 Å². The van der Waals surface area contributed by atoms with Crippen molar-refractivity contribution < 1.29 is 31.2 Å². The Morgan fingerprint density at radius 1 is 1.44 bits per heavy atom. The summed E-state index contributed by atoms with van der Waals surface area (Å²) in [5.41, 5.74) is 0.229. The van der Waals surface area contributed by atoms with Crippen LogP contribution in [0.1, 0.15) is 45.7 Å². The zero-order chi connectivity index (χ0) is 20.7. The average molecular weight is 439 g/mol. The maximum atomic E-state index is 12.8. The number of likely N-dealkylation sites (N-methyl/N-ethyl adjacent to an activating group) is 1. The molecule has 1 aliphatic heterocycles. The Labute approximate surface area is 162 Å². The molecule has 9 nitrogen and oxygen atoms in total. The summed E-state index contributed by atoms with van der Waals surface area (Å²) in [6.45, 7) is 6.06. The van der Waals surface area contributed by atoms with Crippen LogP contribution in [-0.4, -0.2) is 51.5 Å². The maximum Gasteiger partial charge on any atom is 0.303 e. The van der Waals surface area contributed by atoms with Gasteiger partial charge in [0.1, 0.15) is 8.42 Å². The Morgan fingerprint density at radius 2 is 2.04 bits per heavy atom. The number of fused-ring (bicyclic) bond motifs is 1. The number of carbonyl (C=O) groups is 2. The van der Waals surface area contributed by atoms with E-state index in [-0.39, 0.29) is 26.9 Å². The van der Waals surface area contributed by atoms with E-state index in [1.54, 1.807) is 6.92 Å². The molecule has 0 bridgehead atoms. The molecule has 0 saturated carbocycles. The number of amides is 1. The third-order valence-electron chi connectivity index (χ3n) is 4.38. The number of ether oxygens (including phenoxy) is 1. The monoisotopic (exact) mass is 438 g/mol. The van der Waals surface area contributed by atoms with E-state index >= 15 is 0 Å². The van der Waals surface area contributed by atoms with Crippen molar-refractivity contribution in [1.29, 1.82) is 0 Å². The van der Waals surface area contributed by atoms with E-state index in [0.717, 1.165) is 0 Å². The number of sulfone groups is 1. The number of nitrogens with two attached hydrogens (primary N) is 1. The maximum absolute atomic E-state index is 12.8. The number of carbonyl (C=O) groups excluding carboxylic acids is 2. The fraction of sp³-hybridized carbons (Fsp3) is 0.600. The zero-order valence-corrected chi connectivity index (χ0v) is 17.8. The normalized spacial score (nSPS) is 22.6. The molecule has 0 saturated heterocycles. The molecule has 27 heavy (non-hydrogen) atoms. The molecule has 2 N–H and O–H groups in total. The van der Waals surface area contributed by atoms with Crippen LogP contribution in [0.3, 0.4) is 0 Å². The van der Waals surface area contributed by atoms with Crippen molar-refractivity contribution >= 4 is 43.1 Å². The van der Waals surface area contributed by atoms with Gasteiger partial charge in [0.15, 0.2) is 15.9 Å². The van der Waals surface area contributed by atoms with E-state index in [1.807, 2.05) is 0 Å². The van der Waals surface area contributed by atoms with Gasteiger partial charge in [-0.1, -0.05) is 0 Å². The molecule has 0 fully saturated rings. The Morgan fingerprint density at radius 3 is 2.52 bits per heavy atom. The van der Waals surface area contributed by atoms with Crippen molar-refractivity contribution in [3.8, 4) is 0 Å². The lowest BCUT2D eigenvalue weighted by Crippen LogP contribution is -2.44. The zero-order valence-electron chi connectivity index (χ0n) is 15.3. The second-order valence-electron chi connectivity index (χ2n) is 6.34. The average Bonchev–Trinajstić information content (AvgIpc) is 2.99. The highest BCUT2D eigenvalue weighted by atomic mass is 32.3. The Hall–Kier alpha value is -1.50. The largest absolute Gasteiger partial charge is 0.453 e. The van der Waals surface area contributed by atoms with Crippen LogP contribution in [0.4, 0.5) is 0 Å². The van der Waals surface area contributed by atoms with Crippen LogP contribution in [0.15, 0.2) is 14.5 Å². The second kappa shape index (κ2) is 7.49. The number of hydrogen-bond acceptors (Lipinski definition) is 8. The van der Waals surface area contributed by atoms with Crippen molar-refractivity contribution in [2.45, 2.75) is 59.9 Å². The molecule has 1 aromatic heterocycles. The van der Waals surface area contributed by atoms with E-state index in [1.165, 1.54) is 31.7 Å². The number of thiophene rings is 1. The molecule has 0 radical (unpaired) electrons. The van der Waals surface area contributed by atoms with Crippen LogP contribution in [-0.2, 0) is 34.2 Å². The number of rotatable bonds is 5. The number of esters is 1. The molecular weight excluding hydrogens is 416 g/mol. The van der Waals surface area contributed by atoms with Gasteiger partial charge in [0.25, 0.3) is 5.91 Å². The van der Waals surface area contributed by atoms with E-state index in [2.05, 4.69) is 0 Å². The minimum absolute atomic E-state index is 0.0957. The fourth-order valence-corrected chi connectivity index (χ4v) is 7.47. The molecule has 0 aliphatic carbocycles. The highest BCUT2D eigenvalue weighted by Gasteiger charge is 2.43. The Kier molecular flexibility index (Phi) is 6.05. The number of sulfonamides is 1. The third-order valence-corrected chi connectivity index (χ3v) is 9.69. The van der Waals surface area contributed by atoms with Gasteiger partial charge in [0.2, 0.25) is 10.0 Å².